The van der Waals surface area contributed by atoms with Crippen LogP contribution in [-0.2, 0) is 0 Å². The quantitative estimate of drug-likeness (QED) is 0.414. The van der Waals surface area contributed by atoms with Crippen LogP contribution in [0.15, 0.2) is 11.4 Å². The van der Waals surface area contributed by atoms with E-state index in [1.807, 2.05) is 6.92 Å². The predicted molar refractivity (Wildman–Crippen MR) is 68.7 cm³/mol. The highest BCUT2D eigenvalue weighted by Crippen LogP contribution is 2.19. The number of nitrogens with one attached hydrogen (secondary N) is 3. The lowest BCUT2D eigenvalue weighted by Crippen LogP contribution is -2.27. The number of rotatable bonds is 6. The van der Waals surface area contributed by atoms with E-state index in [0.717, 1.165) is 28.6 Å². The first-order chi connectivity index (χ1) is 7.74. The number of hydrogen-bond donors (Lipinski definition) is 3. The molecule has 5 nitrogen and oxygen atoms in total. The van der Waals surface area contributed by atoms with Crippen LogP contribution in [0.3, 0.4) is 0 Å². The van der Waals surface area contributed by atoms with Crippen LogP contribution in [0.2, 0.25) is 0 Å². The summed E-state index contributed by atoms with van der Waals surface area (Å²) >= 11 is 3.18. The Bertz CT molecular complexity index is 329. The van der Waals surface area contributed by atoms with Crippen molar-refractivity contribution in [2.75, 3.05) is 18.6 Å². The molecule has 1 aromatic rings. The van der Waals surface area contributed by atoms with Gasteiger partial charge in [-0.3, -0.25) is 4.72 Å². The third kappa shape index (κ3) is 4.80. The summed E-state index contributed by atoms with van der Waals surface area (Å²) in [6.45, 7) is 1.99. The zero-order valence-corrected chi connectivity index (χ0v) is 11.0. The van der Waals surface area contributed by atoms with Crippen molar-refractivity contribution in [3.05, 3.63) is 12.0 Å². The van der Waals surface area contributed by atoms with Gasteiger partial charge in [0, 0.05) is 18.6 Å². The molecule has 90 valence electrons. The van der Waals surface area contributed by atoms with Gasteiger partial charge in [-0.2, -0.15) is 0 Å². The Labute approximate surface area is 104 Å². The first kappa shape index (κ1) is 13.2. The number of hydrogen-bond acceptors (Lipinski definition) is 4. The summed E-state index contributed by atoms with van der Waals surface area (Å²) in [6, 6.07) is -0.151. The summed E-state index contributed by atoms with van der Waals surface area (Å²) in [5, 5.41) is 3.63. The van der Waals surface area contributed by atoms with Gasteiger partial charge in [-0.25, -0.2) is 9.78 Å². The van der Waals surface area contributed by atoms with Gasteiger partial charge in [-0.1, -0.05) is 0 Å². The van der Waals surface area contributed by atoms with E-state index in [-0.39, 0.29) is 6.03 Å². The van der Waals surface area contributed by atoms with Gasteiger partial charge < -0.3 is 10.3 Å². The molecule has 0 radical (unpaired) electrons. The van der Waals surface area contributed by atoms with E-state index < -0.39 is 0 Å². The van der Waals surface area contributed by atoms with Crippen molar-refractivity contribution >= 4 is 29.7 Å². The number of carbonyl (C=O) groups excluding carboxylic acids is 1. The number of thioether (sulfide) groups is 1. The van der Waals surface area contributed by atoms with E-state index in [4.69, 9.17) is 0 Å². The lowest BCUT2D eigenvalue weighted by Gasteiger charge is -2.03. The topological polar surface area (TPSA) is 69.8 Å². The molecule has 3 N–H and O–H groups in total. The molecule has 7 heteroatoms. The number of nitrogens with zero attached hydrogens (tertiary/aromatic N) is 1. The van der Waals surface area contributed by atoms with Gasteiger partial charge in [0.25, 0.3) is 0 Å². The summed E-state index contributed by atoms with van der Waals surface area (Å²) < 4.78 is 2.67. The molecule has 1 heterocycles. The van der Waals surface area contributed by atoms with Gasteiger partial charge >= 0.3 is 6.03 Å². The number of carbonyl (C=O) groups is 1. The van der Waals surface area contributed by atoms with E-state index in [1.54, 1.807) is 25.1 Å². The van der Waals surface area contributed by atoms with Crippen molar-refractivity contribution < 1.29 is 4.79 Å². The molecule has 16 heavy (non-hydrogen) atoms. The molecule has 0 aromatic carbocycles. The monoisotopic (exact) mass is 260 g/mol. The van der Waals surface area contributed by atoms with Crippen LogP contribution in [0.25, 0.3) is 0 Å². The van der Waals surface area contributed by atoms with Crippen LogP contribution in [0.5, 0.6) is 0 Å². The van der Waals surface area contributed by atoms with Gasteiger partial charge in [-0.05, 0) is 25.3 Å². The lowest BCUT2D eigenvalue weighted by molar-refractivity contribution is 0.248. The second kappa shape index (κ2) is 7.45. The maximum absolute atomic E-state index is 10.8. The fraction of sp³-hybridized carbons (Fsp3) is 0.556. The van der Waals surface area contributed by atoms with Crippen molar-refractivity contribution in [3.8, 4) is 0 Å². The lowest BCUT2D eigenvalue weighted by atomic mass is 10.6. The van der Waals surface area contributed by atoms with Crippen LogP contribution in [-0.4, -0.2) is 34.6 Å². The molecule has 1 aromatic heterocycles. The number of urea groups is 1. The first-order valence-electron chi connectivity index (χ1n) is 4.96. The Morgan fingerprint density at radius 1 is 1.56 bits per heavy atom. The average molecular weight is 260 g/mol. The zero-order chi connectivity index (χ0) is 11.8. The van der Waals surface area contributed by atoms with Crippen LogP contribution < -0.4 is 10.0 Å². The fourth-order valence-corrected chi connectivity index (χ4v) is 2.67. The van der Waals surface area contributed by atoms with Crippen molar-refractivity contribution in [1.29, 1.82) is 0 Å². The molecule has 0 saturated carbocycles. The van der Waals surface area contributed by atoms with Gasteiger partial charge in [0.1, 0.15) is 0 Å². The number of aromatic amines is 1. The minimum absolute atomic E-state index is 0.151. The van der Waals surface area contributed by atoms with Crippen molar-refractivity contribution in [3.63, 3.8) is 0 Å². The molecule has 0 saturated heterocycles. The Balaban J connectivity index is 2.00. The second-order valence-electron chi connectivity index (χ2n) is 3.05. The molecule has 0 fully saturated rings. The molecule has 0 aliphatic heterocycles. The predicted octanol–water partition coefficient (Wildman–Crippen LogP) is 1.78. The highest BCUT2D eigenvalue weighted by atomic mass is 32.2. The summed E-state index contributed by atoms with van der Waals surface area (Å²) in [4.78, 5) is 18.0. The highest BCUT2D eigenvalue weighted by Gasteiger charge is 2.01. The Kier molecular flexibility index (Phi) is 6.17. The Morgan fingerprint density at radius 2 is 2.38 bits per heavy atom. The van der Waals surface area contributed by atoms with E-state index in [9.17, 15) is 4.79 Å². The molecule has 0 bridgehead atoms. The molecule has 0 spiro atoms. The third-order valence-electron chi connectivity index (χ3n) is 1.81. The summed E-state index contributed by atoms with van der Waals surface area (Å²) in [7, 11) is 1.60. The average Bonchev–Trinajstić information content (AvgIpc) is 2.69. The molecule has 0 aliphatic rings. The molecule has 0 atom stereocenters. The summed E-state index contributed by atoms with van der Waals surface area (Å²) in [5.41, 5.74) is 1.04. The summed E-state index contributed by atoms with van der Waals surface area (Å²) in [6.07, 6.45) is 2.75. The maximum atomic E-state index is 10.8. The minimum Gasteiger partial charge on any atom is -0.341 e. The Hall–Kier alpha value is -0.820. The van der Waals surface area contributed by atoms with E-state index in [1.165, 1.54) is 11.9 Å². The zero-order valence-electron chi connectivity index (χ0n) is 9.37. The minimum atomic E-state index is -0.151. The Morgan fingerprint density at radius 3 is 3.00 bits per heavy atom. The normalized spacial score (nSPS) is 10.1. The molecule has 0 unspecified atom stereocenters. The van der Waals surface area contributed by atoms with E-state index >= 15 is 0 Å². The van der Waals surface area contributed by atoms with Crippen molar-refractivity contribution in [1.82, 2.24) is 20.0 Å². The standard InChI is InChI=1S/C9H16N4OS2/c1-7-8(12-6-11-7)15-4-3-5-16-13-9(14)10-2/h6H,3-5H2,1-2H3,(H,11,12)(H2,10,13,14). The van der Waals surface area contributed by atoms with Crippen LogP contribution in [0.4, 0.5) is 4.79 Å². The van der Waals surface area contributed by atoms with Crippen LogP contribution in [0.1, 0.15) is 12.1 Å². The molecule has 0 aliphatic carbocycles. The van der Waals surface area contributed by atoms with Gasteiger partial charge in [-0.15, -0.1) is 11.8 Å². The van der Waals surface area contributed by atoms with Gasteiger partial charge in [0.15, 0.2) is 0 Å². The van der Waals surface area contributed by atoms with Crippen LogP contribution in [0, 0.1) is 6.92 Å². The third-order valence-corrected chi connectivity index (χ3v) is 3.83. The summed E-state index contributed by atoms with van der Waals surface area (Å²) in [5.74, 6) is 1.93. The largest absolute Gasteiger partial charge is 0.341 e. The van der Waals surface area contributed by atoms with Gasteiger partial charge in [0.2, 0.25) is 0 Å². The molecular formula is C9H16N4OS2. The van der Waals surface area contributed by atoms with E-state index in [0.29, 0.717) is 0 Å². The number of H-pyrrole nitrogens is 1. The molecular weight excluding hydrogens is 244 g/mol. The number of amides is 2. The smallest absolute Gasteiger partial charge is 0.324 e. The van der Waals surface area contributed by atoms with E-state index in [2.05, 4.69) is 20.0 Å². The number of aromatic nitrogens is 2. The SMILES string of the molecule is CNC(=O)NSCCCSc1[nH]cnc1C. The maximum Gasteiger partial charge on any atom is 0.324 e. The molecule has 2 amide bonds. The van der Waals surface area contributed by atoms with Gasteiger partial charge in [0.05, 0.1) is 17.0 Å². The van der Waals surface area contributed by atoms with Crippen molar-refractivity contribution in [2.24, 2.45) is 0 Å². The number of imidazole rings is 1. The molecule has 1 rings (SSSR count). The first-order valence-corrected chi connectivity index (χ1v) is 6.93. The number of aryl methyl sites for hydroxylation is 1. The second-order valence-corrected chi connectivity index (χ2v) is 5.05. The highest BCUT2D eigenvalue weighted by molar-refractivity contribution is 7.99. The van der Waals surface area contributed by atoms with Crippen LogP contribution >= 0.6 is 23.7 Å². The van der Waals surface area contributed by atoms with Crippen molar-refractivity contribution in [2.45, 2.75) is 18.4 Å². The fourth-order valence-electron chi connectivity index (χ4n) is 0.970.